The number of thiocarbonyl (C=S) groups is 1. The van der Waals surface area contributed by atoms with E-state index in [0.29, 0.717) is 10.9 Å². The predicted octanol–water partition coefficient (Wildman–Crippen LogP) is 2.90. The molecule has 18 heavy (non-hydrogen) atoms. The summed E-state index contributed by atoms with van der Waals surface area (Å²) in [5.41, 5.74) is 3.33. The van der Waals surface area contributed by atoms with Crippen molar-refractivity contribution in [3.05, 3.63) is 47.7 Å². The summed E-state index contributed by atoms with van der Waals surface area (Å²) in [6.07, 6.45) is 1.62. The molecule has 0 radical (unpaired) electrons. The Morgan fingerprint density at radius 3 is 2.39 bits per heavy atom. The van der Waals surface area contributed by atoms with E-state index in [1.165, 1.54) is 0 Å². The highest BCUT2D eigenvalue weighted by molar-refractivity contribution is 7.80. The molecular formula is C13H14N4S. The minimum Gasteiger partial charge on any atom is -0.332 e. The van der Waals surface area contributed by atoms with Crippen LogP contribution in [0.4, 0.5) is 11.5 Å². The first-order chi connectivity index (χ1) is 8.66. The van der Waals surface area contributed by atoms with Gasteiger partial charge in [0, 0.05) is 11.9 Å². The van der Waals surface area contributed by atoms with Crippen LogP contribution in [0.5, 0.6) is 0 Å². The van der Waals surface area contributed by atoms with Crippen LogP contribution < -0.4 is 10.6 Å². The van der Waals surface area contributed by atoms with E-state index in [4.69, 9.17) is 12.2 Å². The van der Waals surface area contributed by atoms with Gasteiger partial charge in [-0.2, -0.15) is 5.10 Å². The Hall–Kier alpha value is -2.01. The lowest BCUT2D eigenvalue weighted by Crippen LogP contribution is -2.21. The third-order valence-corrected chi connectivity index (χ3v) is 2.74. The van der Waals surface area contributed by atoms with Gasteiger partial charge in [-0.25, -0.2) is 0 Å². The van der Waals surface area contributed by atoms with Crippen molar-refractivity contribution < 1.29 is 0 Å². The molecule has 2 N–H and O–H groups in total. The van der Waals surface area contributed by atoms with E-state index in [-0.39, 0.29) is 0 Å². The van der Waals surface area contributed by atoms with Crippen molar-refractivity contribution in [1.29, 1.82) is 0 Å². The summed E-state index contributed by atoms with van der Waals surface area (Å²) < 4.78 is 0. The molecule has 2 aromatic rings. The summed E-state index contributed by atoms with van der Waals surface area (Å²) >= 11 is 5.25. The van der Waals surface area contributed by atoms with Crippen molar-refractivity contribution in [1.82, 2.24) is 10.2 Å². The number of benzene rings is 1. The van der Waals surface area contributed by atoms with Crippen LogP contribution in [-0.2, 0) is 0 Å². The molecular weight excluding hydrogens is 244 g/mol. The number of hydrogen-bond acceptors (Lipinski definition) is 3. The Morgan fingerprint density at radius 1 is 1.06 bits per heavy atom. The fourth-order valence-electron chi connectivity index (χ4n) is 1.64. The number of para-hydroxylation sites is 1. The highest BCUT2D eigenvalue weighted by Crippen LogP contribution is 2.19. The lowest BCUT2D eigenvalue weighted by atomic mass is 10.1. The quantitative estimate of drug-likeness (QED) is 0.811. The van der Waals surface area contributed by atoms with Crippen LogP contribution in [0.2, 0.25) is 0 Å². The molecule has 0 aliphatic carbocycles. The standard InChI is InChI=1S/C13H14N4S/c1-9-5-3-6-10(2)12(9)16-13(18)15-11-7-4-8-14-17-11/h3-8H,1-2H3,(H2,15,16,17,18). The average Bonchev–Trinajstić information content (AvgIpc) is 2.35. The van der Waals surface area contributed by atoms with Crippen LogP contribution in [0.25, 0.3) is 0 Å². The predicted molar refractivity (Wildman–Crippen MR) is 77.8 cm³/mol. The maximum atomic E-state index is 5.25. The summed E-state index contributed by atoms with van der Waals surface area (Å²) in [6, 6.07) is 9.72. The number of aromatic nitrogens is 2. The first-order valence-electron chi connectivity index (χ1n) is 5.59. The van der Waals surface area contributed by atoms with Crippen LogP contribution in [0.3, 0.4) is 0 Å². The SMILES string of the molecule is Cc1cccc(C)c1NC(=S)Nc1cccnn1. The molecule has 0 aliphatic rings. The van der Waals surface area contributed by atoms with Crippen molar-refractivity contribution in [2.75, 3.05) is 10.6 Å². The maximum absolute atomic E-state index is 5.25. The van der Waals surface area contributed by atoms with Crippen LogP contribution in [-0.4, -0.2) is 15.3 Å². The second-order valence-corrected chi connectivity index (χ2v) is 4.36. The van der Waals surface area contributed by atoms with Gasteiger partial charge in [-0.1, -0.05) is 18.2 Å². The lowest BCUT2D eigenvalue weighted by molar-refractivity contribution is 1.04. The normalized spacial score (nSPS) is 9.89. The first kappa shape index (κ1) is 12.4. The summed E-state index contributed by atoms with van der Waals surface area (Å²) in [7, 11) is 0. The van der Waals surface area contributed by atoms with E-state index in [1.54, 1.807) is 12.3 Å². The zero-order chi connectivity index (χ0) is 13.0. The smallest absolute Gasteiger partial charge is 0.176 e. The lowest BCUT2D eigenvalue weighted by Gasteiger charge is -2.13. The van der Waals surface area contributed by atoms with Crippen LogP contribution >= 0.6 is 12.2 Å². The Morgan fingerprint density at radius 2 is 1.78 bits per heavy atom. The minimum absolute atomic E-state index is 0.507. The molecule has 0 spiro atoms. The van der Waals surface area contributed by atoms with Gasteiger partial charge >= 0.3 is 0 Å². The van der Waals surface area contributed by atoms with Gasteiger partial charge in [0.2, 0.25) is 0 Å². The molecule has 0 amide bonds. The zero-order valence-corrected chi connectivity index (χ0v) is 11.1. The summed E-state index contributed by atoms with van der Waals surface area (Å²) in [6.45, 7) is 4.08. The fraction of sp³-hybridized carbons (Fsp3) is 0.154. The highest BCUT2D eigenvalue weighted by Gasteiger charge is 2.04. The van der Waals surface area contributed by atoms with E-state index in [0.717, 1.165) is 16.8 Å². The highest BCUT2D eigenvalue weighted by atomic mass is 32.1. The van der Waals surface area contributed by atoms with Gasteiger partial charge in [-0.3, -0.25) is 0 Å². The van der Waals surface area contributed by atoms with E-state index < -0.39 is 0 Å². The summed E-state index contributed by atoms with van der Waals surface area (Å²) in [4.78, 5) is 0. The number of rotatable bonds is 2. The van der Waals surface area contributed by atoms with E-state index >= 15 is 0 Å². The summed E-state index contributed by atoms with van der Waals surface area (Å²) in [5, 5.41) is 14.4. The van der Waals surface area contributed by atoms with Gasteiger partial charge in [0.15, 0.2) is 10.9 Å². The van der Waals surface area contributed by atoms with E-state index in [2.05, 4.69) is 20.8 Å². The van der Waals surface area contributed by atoms with Crippen LogP contribution in [0.1, 0.15) is 11.1 Å². The molecule has 0 saturated carbocycles. The molecule has 92 valence electrons. The van der Waals surface area contributed by atoms with Gasteiger partial charge in [0.25, 0.3) is 0 Å². The monoisotopic (exact) mass is 258 g/mol. The van der Waals surface area contributed by atoms with Crippen LogP contribution in [0, 0.1) is 13.8 Å². The third-order valence-electron chi connectivity index (χ3n) is 2.53. The Balaban J connectivity index is 2.08. The molecule has 0 atom stereocenters. The van der Waals surface area contributed by atoms with Gasteiger partial charge in [-0.15, -0.1) is 5.10 Å². The molecule has 0 aliphatic heterocycles. The minimum atomic E-state index is 0.507. The molecule has 0 fully saturated rings. The number of nitrogens with zero attached hydrogens (tertiary/aromatic N) is 2. The molecule has 1 heterocycles. The maximum Gasteiger partial charge on any atom is 0.176 e. The molecule has 5 heteroatoms. The van der Waals surface area contributed by atoms with Gasteiger partial charge < -0.3 is 10.6 Å². The van der Waals surface area contributed by atoms with Crippen molar-refractivity contribution in [3.63, 3.8) is 0 Å². The number of hydrogen-bond donors (Lipinski definition) is 2. The molecule has 4 nitrogen and oxygen atoms in total. The fourth-order valence-corrected chi connectivity index (χ4v) is 1.85. The molecule has 0 unspecified atom stereocenters. The van der Waals surface area contributed by atoms with E-state index in [9.17, 15) is 0 Å². The number of anilines is 2. The molecule has 0 saturated heterocycles. The number of aryl methyl sites for hydroxylation is 2. The zero-order valence-electron chi connectivity index (χ0n) is 10.3. The molecule has 1 aromatic heterocycles. The van der Waals surface area contributed by atoms with Gasteiger partial charge in [-0.05, 0) is 49.3 Å². The first-order valence-corrected chi connectivity index (χ1v) is 5.99. The van der Waals surface area contributed by atoms with Crippen molar-refractivity contribution >= 4 is 28.8 Å². The second kappa shape index (κ2) is 5.55. The largest absolute Gasteiger partial charge is 0.332 e. The summed E-state index contributed by atoms with van der Waals surface area (Å²) in [5.74, 6) is 0.626. The third kappa shape index (κ3) is 3.01. The second-order valence-electron chi connectivity index (χ2n) is 3.95. The van der Waals surface area contributed by atoms with E-state index in [1.807, 2.05) is 38.1 Å². The van der Waals surface area contributed by atoms with Gasteiger partial charge in [0.1, 0.15) is 0 Å². The van der Waals surface area contributed by atoms with Crippen molar-refractivity contribution in [2.45, 2.75) is 13.8 Å². The van der Waals surface area contributed by atoms with Gasteiger partial charge in [0.05, 0.1) is 0 Å². The molecule has 2 rings (SSSR count). The van der Waals surface area contributed by atoms with Crippen LogP contribution in [0.15, 0.2) is 36.5 Å². The Kier molecular flexibility index (Phi) is 3.84. The molecule has 0 bridgehead atoms. The Bertz CT molecular complexity index is 534. The Labute approximate surface area is 111 Å². The number of nitrogens with one attached hydrogen (secondary N) is 2. The van der Waals surface area contributed by atoms with Crippen molar-refractivity contribution in [2.24, 2.45) is 0 Å². The average molecular weight is 258 g/mol. The topological polar surface area (TPSA) is 49.8 Å². The van der Waals surface area contributed by atoms with Crippen molar-refractivity contribution in [3.8, 4) is 0 Å². The molecule has 1 aromatic carbocycles.